The van der Waals surface area contributed by atoms with E-state index in [1.165, 1.54) is 36.5 Å². The van der Waals surface area contributed by atoms with Crippen LogP contribution in [0.4, 0.5) is 13.2 Å². The van der Waals surface area contributed by atoms with Crippen LogP contribution < -0.4 is 0 Å². The predicted molar refractivity (Wildman–Crippen MR) is 115 cm³/mol. The van der Waals surface area contributed by atoms with Crippen molar-refractivity contribution in [3.05, 3.63) is 89.8 Å². The third-order valence-electron chi connectivity index (χ3n) is 5.95. The highest BCUT2D eigenvalue weighted by molar-refractivity contribution is 5.67. The molecule has 1 fully saturated rings. The molecule has 0 saturated carbocycles. The molecule has 3 heterocycles. The Morgan fingerprint density at radius 3 is 2.56 bits per heavy atom. The average Bonchev–Trinajstić information content (AvgIpc) is 3.45. The molecule has 0 aliphatic carbocycles. The topological polar surface area (TPSA) is 49.7 Å². The number of nitrogens with one attached hydrogen (secondary N) is 1. The largest absolute Gasteiger partial charge is 0.298 e. The van der Waals surface area contributed by atoms with E-state index in [0.29, 0.717) is 12.1 Å². The summed E-state index contributed by atoms with van der Waals surface area (Å²) in [7, 11) is 0. The molecule has 1 N–H and O–H groups in total. The van der Waals surface area contributed by atoms with Crippen molar-refractivity contribution in [3.63, 3.8) is 0 Å². The first kappa shape index (κ1) is 20.5. The van der Waals surface area contributed by atoms with Gasteiger partial charge in [-0.25, -0.2) is 17.9 Å². The zero-order valence-electron chi connectivity index (χ0n) is 17.3. The van der Waals surface area contributed by atoms with Crippen LogP contribution in [0.5, 0.6) is 0 Å². The fraction of sp³-hybridized carbons (Fsp3) is 0.250. The molecule has 8 heteroatoms. The zero-order chi connectivity index (χ0) is 22.1. The van der Waals surface area contributed by atoms with Crippen molar-refractivity contribution < 1.29 is 13.2 Å². The Bertz CT molecular complexity index is 1190. The van der Waals surface area contributed by atoms with Crippen LogP contribution in [0.15, 0.2) is 61.1 Å². The molecule has 1 unspecified atom stereocenters. The van der Waals surface area contributed by atoms with Gasteiger partial charge in [0.25, 0.3) is 0 Å². The minimum atomic E-state index is -0.589. The summed E-state index contributed by atoms with van der Waals surface area (Å²) in [4.78, 5) is 2.31. The van der Waals surface area contributed by atoms with Crippen molar-refractivity contribution in [1.82, 2.24) is 24.9 Å². The van der Waals surface area contributed by atoms with Crippen molar-refractivity contribution in [2.45, 2.75) is 25.3 Å². The number of nitrogens with zero attached hydrogens (tertiary/aromatic N) is 4. The second-order valence-electron chi connectivity index (χ2n) is 8.14. The molecule has 1 atom stereocenters. The van der Waals surface area contributed by atoms with Crippen LogP contribution in [0.3, 0.4) is 0 Å². The summed E-state index contributed by atoms with van der Waals surface area (Å²) in [6.07, 6.45) is 7.13. The number of hydrogen-bond donors (Lipinski definition) is 1. The first-order valence-electron chi connectivity index (χ1n) is 10.6. The van der Waals surface area contributed by atoms with Crippen LogP contribution >= 0.6 is 0 Å². The van der Waals surface area contributed by atoms with Crippen molar-refractivity contribution in [1.29, 1.82) is 0 Å². The van der Waals surface area contributed by atoms with Gasteiger partial charge in [-0.15, -0.1) is 0 Å². The standard InChI is InChI=1S/C24H22F3N5/c25-18-6-8-19(9-7-18)32-14-16(11-29-32)13-31-10-2-3-17(15-31)24-20(12-28-30-24)23-21(26)4-1-5-22(23)27/h1,4-9,11-12,14,17H,2-3,10,13,15H2,(H,28,30). The summed E-state index contributed by atoms with van der Waals surface area (Å²) >= 11 is 0. The lowest BCUT2D eigenvalue weighted by atomic mass is 9.90. The number of rotatable bonds is 5. The molecule has 0 amide bonds. The Hall–Kier alpha value is -3.39. The Balaban J connectivity index is 1.32. The Kier molecular flexibility index (Phi) is 5.53. The summed E-state index contributed by atoms with van der Waals surface area (Å²) in [6, 6.07) is 10.1. The van der Waals surface area contributed by atoms with Crippen molar-refractivity contribution in [3.8, 4) is 16.8 Å². The van der Waals surface area contributed by atoms with E-state index in [2.05, 4.69) is 20.2 Å². The zero-order valence-corrected chi connectivity index (χ0v) is 17.3. The lowest BCUT2D eigenvalue weighted by Crippen LogP contribution is -2.34. The molecular formula is C24H22F3N5. The molecule has 2 aromatic heterocycles. The molecule has 0 bridgehead atoms. The number of likely N-dealkylation sites (tertiary alicyclic amines) is 1. The van der Waals surface area contributed by atoms with Gasteiger partial charge in [-0.3, -0.25) is 10.00 Å². The van der Waals surface area contributed by atoms with Crippen LogP contribution in [0.2, 0.25) is 0 Å². The van der Waals surface area contributed by atoms with E-state index in [4.69, 9.17) is 0 Å². The highest BCUT2D eigenvalue weighted by Gasteiger charge is 2.27. The van der Waals surface area contributed by atoms with Crippen LogP contribution in [0, 0.1) is 17.5 Å². The maximum absolute atomic E-state index is 14.4. The SMILES string of the molecule is Fc1ccc(-n2cc(CN3CCCC(c4[nH]ncc4-c4c(F)cccc4F)C3)cn2)cc1. The lowest BCUT2D eigenvalue weighted by molar-refractivity contribution is 0.198. The van der Waals surface area contributed by atoms with Gasteiger partial charge in [0.05, 0.1) is 23.6 Å². The number of halogens is 3. The molecule has 0 radical (unpaired) electrons. The van der Waals surface area contributed by atoms with Gasteiger partial charge in [0, 0.05) is 42.0 Å². The van der Waals surface area contributed by atoms with Crippen LogP contribution in [0.1, 0.15) is 30.0 Å². The minimum absolute atomic E-state index is 0.0334. The van der Waals surface area contributed by atoms with Crippen LogP contribution in [-0.2, 0) is 6.54 Å². The van der Waals surface area contributed by atoms with Gasteiger partial charge in [0.2, 0.25) is 0 Å². The quantitative estimate of drug-likeness (QED) is 0.475. The summed E-state index contributed by atoms with van der Waals surface area (Å²) in [5.41, 5.74) is 3.05. The lowest BCUT2D eigenvalue weighted by Gasteiger charge is -2.32. The van der Waals surface area contributed by atoms with Gasteiger partial charge in [-0.2, -0.15) is 10.2 Å². The second kappa shape index (κ2) is 8.63. The Labute approximate surface area is 183 Å². The Morgan fingerprint density at radius 1 is 1.00 bits per heavy atom. The number of H-pyrrole nitrogens is 1. The van der Waals surface area contributed by atoms with E-state index in [1.54, 1.807) is 16.8 Å². The fourth-order valence-electron chi connectivity index (χ4n) is 4.43. The molecule has 5 nitrogen and oxygen atoms in total. The Morgan fingerprint density at radius 2 is 1.78 bits per heavy atom. The summed E-state index contributed by atoms with van der Waals surface area (Å²) in [5.74, 6) is -1.37. The molecule has 1 aliphatic heterocycles. The molecule has 2 aromatic carbocycles. The average molecular weight is 437 g/mol. The molecule has 32 heavy (non-hydrogen) atoms. The molecule has 4 aromatic rings. The van der Waals surface area contributed by atoms with Crippen LogP contribution in [0.25, 0.3) is 16.8 Å². The normalized spacial score (nSPS) is 17.0. The highest BCUT2D eigenvalue weighted by atomic mass is 19.1. The number of piperidine rings is 1. The number of benzene rings is 2. The fourth-order valence-corrected chi connectivity index (χ4v) is 4.43. The van der Waals surface area contributed by atoms with E-state index >= 15 is 0 Å². The molecule has 5 rings (SSSR count). The molecule has 1 aliphatic rings. The molecule has 1 saturated heterocycles. The first-order valence-corrected chi connectivity index (χ1v) is 10.6. The van der Waals surface area contributed by atoms with Gasteiger partial charge in [0.1, 0.15) is 17.5 Å². The van der Waals surface area contributed by atoms with Gasteiger partial charge >= 0.3 is 0 Å². The number of aromatic amines is 1. The van der Waals surface area contributed by atoms with Gasteiger partial charge < -0.3 is 0 Å². The van der Waals surface area contributed by atoms with E-state index in [-0.39, 0.29) is 17.3 Å². The number of aromatic nitrogens is 4. The first-order chi connectivity index (χ1) is 15.6. The van der Waals surface area contributed by atoms with E-state index in [9.17, 15) is 13.2 Å². The minimum Gasteiger partial charge on any atom is -0.298 e. The molecule has 164 valence electrons. The third kappa shape index (κ3) is 4.05. The van der Waals surface area contributed by atoms with E-state index in [1.807, 2.05) is 12.4 Å². The maximum Gasteiger partial charge on any atom is 0.134 e. The van der Waals surface area contributed by atoms with E-state index < -0.39 is 11.6 Å². The summed E-state index contributed by atoms with van der Waals surface area (Å²) < 4.78 is 43.6. The number of hydrogen-bond acceptors (Lipinski definition) is 3. The van der Waals surface area contributed by atoms with Crippen molar-refractivity contribution in [2.75, 3.05) is 13.1 Å². The van der Waals surface area contributed by atoms with Crippen molar-refractivity contribution in [2.24, 2.45) is 0 Å². The third-order valence-corrected chi connectivity index (χ3v) is 5.95. The van der Waals surface area contributed by atoms with Crippen LogP contribution in [-0.4, -0.2) is 38.0 Å². The monoisotopic (exact) mass is 437 g/mol. The second-order valence-corrected chi connectivity index (χ2v) is 8.14. The van der Waals surface area contributed by atoms with E-state index in [0.717, 1.165) is 42.9 Å². The smallest absolute Gasteiger partial charge is 0.134 e. The van der Waals surface area contributed by atoms with Crippen molar-refractivity contribution >= 4 is 0 Å². The predicted octanol–water partition coefficient (Wildman–Crippen LogP) is 5.06. The highest BCUT2D eigenvalue weighted by Crippen LogP contribution is 2.35. The molecular weight excluding hydrogens is 415 g/mol. The van der Waals surface area contributed by atoms with Gasteiger partial charge in [0.15, 0.2) is 0 Å². The summed E-state index contributed by atoms with van der Waals surface area (Å²) in [5, 5.41) is 11.5. The summed E-state index contributed by atoms with van der Waals surface area (Å²) in [6.45, 7) is 2.37. The van der Waals surface area contributed by atoms with Gasteiger partial charge in [-0.1, -0.05) is 6.07 Å². The maximum atomic E-state index is 14.4. The van der Waals surface area contributed by atoms with Gasteiger partial charge in [-0.05, 0) is 55.8 Å². The molecule has 0 spiro atoms.